The normalized spacial score (nSPS) is 24.9. The number of benzene rings is 1. The lowest BCUT2D eigenvalue weighted by molar-refractivity contribution is -0.153. The minimum absolute atomic E-state index is 0.0111. The molecule has 2 heterocycles. The van der Waals surface area contributed by atoms with Crippen LogP contribution in [0.25, 0.3) is 0 Å². The largest absolute Gasteiger partial charge is 0.497 e. The van der Waals surface area contributed by atoms with Crippen molar-refractivity contribution in [1.29, 1.82) is 0 Å². The average Bonchev–Trinajstić information content (AvgIpc) is 2.72. The first-order valence-corrected chi connectivity index (χ1v) is 9.45. The third kappa shape index (κ3) is 4.96. The van der Waals surface area contributed by atoms with Crippen LogP contribution >= 0.6 is 0 Å². The molecule has 2 aliphatic heterocycles. The Hall–Kier alpha value is -1.63. The first-order valence-electron chi connectivity index (χ1n) is 9.45. The van der Waals surface area contributed by atoms with E-state index in [-0.39, 0.29) is 18.1 Å². The van der Waals surface area contributed by atoms with Crippen molar-refractivity contribution in [3.05, 3.63) is 29.8 Å². The molecule has 3 atom stereocenters. The van der Waals surface area contributed by atoms with Crippen molar-refractivity contribution >= 4 is 5.91 Å². The molecule has 1 aromatic rings. The molecule has 26 heavy (non-hydrogen) atoms. The number of carbonyl (C=O) groups is 1. The van der Waals surface area contributed by atoms with Gasteiger partial charge in [-0.25, -0.2) is 0 Å². The van der Waals surface area contributed by atoms with Crippen LogP contribution in [0.5, 0.6) is 5.75 Å². The summed E-state index contributed by atoms with van der Waals surface area (Å²) in [6, 6.07) is 7.80. The smallest absolute Gasteiger partial charge is 0.251 e. The fourth-order valence-electron chi connectivity index (χ4n) is 3.41. The first-order chi connectivity index (χ1) is 12.7. The summed E-state index contributed by atoms with van der Waals surface area (Å²) in [6.45, 7) is 4.73. The summed E-state index contributed by atoms with van der Waals surface area (Å²) < 4.78 is 22.6. The second-order valence-corrected chi connectivity index (χ2v) is 6.88. The highest BCUT2D eigenvalue weighted by molar-refractivity contribution is 5.80. The lowest BCUT2D eigenvalue weighted by Gasteiger charge is -2.35. The topological polar surface area (TPSA) is 57.2 Å². The van der Waals surface area contributed by atoms with Gasteiger partial charge in [0.25, 0.3) is 5.91 Å². The van der Waals surface area contributed by atoms with Crippen molar-refractivity contribution < 1.29 is 23.7 Å². The molecule has 144 valence electrons. The van der Waals surface area contributed by atoms with Crippen LogP contribution in [0.2, 0.25) is 0 Å². The summed E-state index contributed by atoms with van der Waals surface area (Å²) in [4.78, 5) is 14.6. The van der Waals surface area contributed by atoms with Crippen LogP contribution < -0.4 is 4.74 Å². The molecule has 0 radical (unpaired) electrons. The van der Waals surface area contributed by atoms with Gasteiger partial charge >= 0.3 is 0 Å². The van der Waals surface area contributed by atoms with Crippen molar-refractivity contribution in [3.63, 3.8) is 0 Å². The van der Waals surface area contributed by atoms with E-state index in [0.717, 1.165) is 30.8 Å². The predicted octanol–water partition coefficient (Wildman–Crippen LogP) is 2.57. The number of ether oxygens (including phenoxy) is 4. The molecular formula is C20H29NO5. The van der Waals surface area contributed by atoms with E-state index >= 15 is 0 Å². The molecule has 0 N–H and O–H groups in total. The minimum atomic E-state index is -0.468. The summed E-state index contributed by atoms with van der Waals surface area (Å²) in [5.74, 6) is 0.802. The zero-order valence-electron chi connectivity index (χ0n) is 15.7. The quantitative estimate of drug-likeness (QED) is 0.777. The molecule has 2 aliphatic rings. The SMILES string of the molecule is COc1cccc(C2CN(C(=O)C(C)OCC3CCCCO3)CCO2)c1. The molecule has 3 rings (SSSR count). The standard InChI is InChI=1S/C20H29NO5/c1-15(26-14-18-7-3-4-10-24-18)20(22)21-9-11-25-19(13-21)16-6-5-8-17(12-16)23-2/h5-6,8,12,15,18-19H,3-4,7,9-11,13-14H2,1-2H3. The molecule has 0 spiro atoms. The van der Waals surface area contributed by atoms with E-state index in [0.29, 0.717) is 26.3 Å². The Labute approximate surface area is 155 Å². The van der Waals surface area contributed by atoms with E-state index in [1.807, 2.05) is 36.1 Å². The van der Waals surface area contributed by atoms with Crippen molar-refractivity contribution in [2.45, 2.75) is 44.5 Å². The third-order valence-electron chi connectivity index (χ3n) is 5.00. The van der Waals surface area contributed by atoms with Gasteiger partial charge < -0.3 is 23.8 Å². The Morgan fingerprint density at radius 2 is 2.19 bits per heavy atom. The van der Waals surface area contributed by atoms with Crippen molar-refractivity contribution in [3.8, 4) is 5.75 Å². The van der Waals surface area contributed by atoms with Gasteiger partial charge in [0.15, 0.2) is 0 Å². The fourth-order valence-corrected chi connectivity index (χ4v) is 3.41. The zero-order chi connectivity index (χ0) is 18.4. The predicted molar refractivity (Wildman–Crippen MR) is 97.3 cm³/mol. The number of amides is 1. The van der Waals surface area contributed by atoms with E-state index in [1.54, 1.807) is 7.11 Å². The number of rotatable bonds is 6. The molecular weight excluding hydrogens is 334 g/mol. The number of carbonyl (C=O) groups excluding carboxylic acids is 1. The number of methoxy groups -OCH3 is 1. The van der Waals surface area contributed by atoms with Gasteiger partial charge in [0, 0.05) is 13.2 Å². The Bertz CT molecular complexity index is 587. The van der Waals surface area contributed by atoms with Crippen molar-refractivity contribution in [2.75, 3.05) is 40.0 Å². The van der Waals surface area contributed by atoms with Gasteiger partial charge in [-0.2, -0.15) is 0 Å². The molecule has 0 aliphatic carbocycles. The van der Waals surface area contributed by atoms with E-state index in [1.165, 1.54) is 6.42 Å². The maximum absolute atomic E-state index is 12.8. The van der Waals surface area contributed by atoms with Crippen LogP contribution in [0.4, 0.5) is 0 Å². The Kier molecular flexibility index (Phi) is 6.88. The number of morpholine rings is 1. The highest BCUT2D eigenvalue weighted by Gasteiger charge is 2.29. The molecule has 1 aromatic carbocycles. The summed E-state index contributed by atoms with van der Waals surface area (Å²) in [5, 5.41) is 0. The van der Waals surface area contributed by atoms with E-state index in [2.05, 4.69) is 0 Å². The van der Waals surface area contributed by atoms with Crippen LogP contribution in [0.15, 0.2) is 24.3 Å². The van der Waals surface area contributed by atoms with E-state index in [4.69, 9.17) is 18.9 Å². The second kappa shape index (κ2) is 9.35. The van der Waals surface area contributed by atoms with Crippen LogP contribution in [0.3, 0.4) is 0 Å². The van der Waals surface area contributed by atoms with Gasteiger partial charge in [-0.15, -0.1) is 0 Å². The Morgan fingerprint density at radius 1 is 1.31 bits per heavy atom. The summed E-state index contributed by atoms with van der Waals surface area (Å²) in [6.07, 6.45) is 2.80. The summed E-state index contributed by atoms with van der Waals surface area (Å²) >= 11 is 0. The molecule has 1 amide bonds. The average molecular weight is 363 g/mol. The van der Waals surface area contributed by atoms with E-state index in [9.17, 15) is 4.79 Å². The van der Waals surface area contributed by atoms with Gasteiger partial charge in [0.05, 0.1) is 33.0 Å². The van der Waals surface area contributed by atoms with Gasteiger partial charge in [-0.05, 0) is 43.9 Å². The first kappa shape index (κ1) is 19.1. The highest BCUT2D eigenvalue weighted by Crippen LogP contribution is 2.26. The third-order valence-corrected chi connectivity index (χ3v) is 5.00. The molecule has 0 bridgehead atoms. The van der Waals surface area contributed by atoms with Gasteiger partial charge in [0.1, 0.15) is 18.0 Å². The number of hydrogen-bond acceptors (Lipinski definition) is 5. The number of nitrogens with zero attached hydrogens (tertiary/aromatic N) is 1. The van der Waals surface area contributed by atoms with Gasteiger partial charge in [0.2, 0.25) is 0 Å². The molecule has 6 nitrogen and oxygen atoms in total. The molecule has 6 heteroatoms. The van der Waals surface area contributed by atoms with Crippen molar-refractivity contribution in [2.24, 2.45) is 0 Å². The summed E-state index contributed by atoms with van der Waals surface area (Å²) in [5.41, 5.74) is 1.02. The monoisotopic (exact) mass is 363 g/mol. The van der Waals surface area contributed by atoms with Crippen LogP contribution in [0, 0.1) is 0 Å². The molecule has 2 saturated heterocycles. The minimum Gasteiger partial charge on any atom is -0.497 e. The molecule has 0 aromatic heterocycles. The van der Waals surface area contributed by atoms with Crippen LogP contribution in [0.1, 0.15) is 37.9 Å². The zero-order valence-corrected chi connectivity index (χ0v) is 15.7. The fraction of sp³-hybridized carbons (Fsp3) is 0.650. The maximum atomic E-state index is 12.8. The van der Waals surface area contributed by atoms with E-state index < -0.39 is 6.10 Å². The second-order valence-electron chi connectivity index (χ2n) is 6.88. The van der Waals surface area contributed by atoms with Crippen LogP contribution in [-0.2, 0) is 19.0 Å². The van der Waals surface area contributed by atoms with Gasteiger partial charge in [-0.1, -0.05) is 12.1 Å². The lowest BCUT2D eigenvalue weighted by atomic mass is 10.1. The maximum Gasteiger partial charge on any atom is 0.251 e. The molecule has 3 unspecified atom stereocenters. The Balaban J connectivity index is 1.53. The number of hydrogen-bond donors (Lipinski definition) is 0. The molecule has 0 saturated carbocycles. The Morgan fingerprint density at radius 3 is 2.96 bits per heavy atom. The molecule has 2 fully saturated rings. The highest BCUT2D eigenvalue weighted by atomic mass is 16.5. The summed E-state index contributed by atoms with van der Waals surface area (Å²) in [7, 11) is 1.64. The van der Waals surface area contributed by atoms with Crippen LogP contribution in [-0.4, -0.2) is 63.0 Å². The lowest BCUT2D eigenvalue weighted by Crippen LogP contribution is -2.47. The van der Waals surface area contributed by atoms with Gasteiger partial charge in [-0.3, -0.25) is 4.79 Å². The van der Waals surface area contributed by atoms with Crippen molar-refractivity contribution in [1.82, 2.24) is 4.90 Å².